The van der Waals surface area contributed by atoms with Crippen LogP contribution in [-0.2, 0) is 9.53 Å². The monoisotopic (exact) mass is 345 g/mol. The van der Waals surface area contributed by atoms with Gasteiger partial charge in [0.15, 0.2) is 0 Å². The fourth-order valence-electron chi connectivity index (χ4n) is 0.950. The highest BCUT2D eigenvalue weighted by atomic mass is 79.9. The first-order valence-corrected chi connectivity index (χ1v) is 6.21. The lowest BCUT2D eigenvalue weighted by Crippen LogP contribution is -2.29. The van der Waals surface area contributed by atoms with Crippen LogP contribution in [0, 0.1) is 0 Å². The van der Waals surface area contributed by atoms with Crippen molar-refractivity contribution in [3.63, 3.8) is 0 Å². The van der Waals surface area contributed by atoms with Crippen molar-refractivity contribution in [3.8, 4) is 0 Å². The van der Waals surface area contributed by atoms with Crippen LogP contribution in [0.15, 0.2) is 9.85 Å². The Morgan fingerprint density at radius 1 is 1.50 bits per heavy atom. The molecule has 0 saturated heterocycles. The van der Waals surface area contributed by atoms with Crippen LogP contribution < -0.4 is 5.32 Å². The molecule has 0 atom stereocenters. The summed E-state index contributed by atoms with van der Waals surface area (Å²) in [6.07, 6.45) is -4.98. The molecule has 1 rings (SSSR count). The SMILES string of the molecule is CCOC(=O)c1cc(NC(=O)C(F)(F)F)c(Br)s1. The van der Waals surface area contributed by atoms with Crippen molar-refractivity contribution in [3.05, 3.63) is 14.7 Å². The number of hydrogen-bond acceptors (Lipinski definition) is 4. The van der Waals surface area contributed by atoms with Crippen LogP contribution >= 0.6 is 27.3 Å². The minimum Gasteiger partial charge on any atom is -0.462 e. The van der Waals surface area contributed by atoms with Gasteiger partial charge in [-0.2, -0.15) is 13.2 Å². The van der Waals surface area contributed by atoms with Crippen LogP contribution in [0.3, 0.4) is 0 Å². The van der Waals surface area contributed by atoms with E-state index in [0.29, 0.717) is 0 Å². The van der Waals surface area contributed by atoms with Gasteiger partial charge >= 0.3 is 18.1 Å². The number of ether oxygens (including phenoxy) is 1. The van der Waals surface area contributed by atoms with Crippen molar-refractivity contribution in [2.75, 3.05) is 11.9 Å². The Bertz CT molecular complexity index is 472. The number of thiophene rings is 1. The van der Waals surface area contributed by atoms with E-state index in [1.165, 1.54) is 0 Å². The molecule has 0 aliphatic heterocycles. The highest BCUT2D eigenvalue weighted by molar-refractivity contribution is 9.11. The number of hydrogen-bond donors (Lipinski definition) is 1. The third kappa shape index (κ3) is 3.70. The van der Waals surface area contributed by atoms with Crippen LogP contribution in [0.2, 0.25) is 0 Å². The van der Waals surface area contributed by atoms with Crippen molar-refractivity contribution in [2.45, 2.75) is 13.1 Å². The summed E-state index contributed by atoms with van der Waals surface area (Å²) >= 11 is 3.84. The quantitative estimate of drug-likeness (QED) is 0.856. The first-order valence-electron chi connectivity index (χ1n) is 4.60. The third-order valence-corrected chi connectivity index (χ3v) is 3.49. The molecule has 0 spiro atoms. The van der Waals surface area contributed by atoms with Crippen LogP contribution in [0.1, 0.15) is 16.6 Å². The van der Waals surface area contributed by atoms with Gasteiger partial charge in [-0.3, -0.25) is 4.79 Å². The maximum Gasteiger partial charge on any atom is 0.471 e. The summed E-state index contributed by atoms with van der Waals surface area (Å²) < 4.78 is 41.0. The lowest BCUT2D eigenvalue weighted by atomic mass is 10.4. The first-order chi connectivity index (χ1) is 8.25. The molecular formula is C9H7BrF3NO3S. The number of halogens is 4. The highest BCUT2D eigenvalue weighted by Gasteiger charge is 2.39. The van der Waals surface area contributed by atoms with Gasteiger partial charge < -0.3 is 10.1 Å². The van der Waals surface area contributed by atoms with E-state index < -0.39 is 18.1 Å². The lowest BCUT2D eigenvalue weighted by Gasteiger charge is -2.06. The minimum atomic E-state index is -4.98. The smallest absolute Gasteiger partial charge is 0.462 e. The summed E-state index contributed by atoms with van der Waals surface area (Å²) in [5, 5.41) is 1.66. The number of nitrogens with one attached hydrogen (secondary N) is 1. The molecule has 1 N–H and O–H groups in total. The second-order valence-electron chi connectivity index (χ2n) is 2.97. The second kappa shape index (κ2) is 5.70. The summed E-state index contributed by atoms with van der Waals surface area (Å²) in [4.78, 5) is 22.1. The molecule has 0 saturated carbocycles. The van der Waals surface area contributed by atoms with Gasteiger partial charge in [-0.1, -0.05) is 0 Å². The van der Waals surface area contributed by atoms with Gasteiger partial charge in [-0.05, 0) is 28.9 Å². The Hall–Kier alpha value is -1.09. The number of carbonyl (C=O) groups excluding carboxylic acids is 2. The lowest BCUT2D eigenvalue weighted by molar-refractivity contribution is -0.167. The van der Waals surface area contributed by atoms with E-state index in [-0.39, 0.29) is 21.0 Å². The van der Waals surface area contributed by atoms with E-state index in [0.717, 1.165) is 17.4 Å². The summed E-state index contributed by atoms with van der Waals surface area (Å²) in [5.74, 6) is -2.76. The molecule has 0 aliphatic rings. The van der Waals surface area contributed by atoms with Crippen LogP contribution in [0.4, 0.5) is 18.9 Å². The van der Waals surface area contributed by atoms with Crippen molar-refractivity contribution in [1.82, 2.24) is 0 Å². The van der Waals surface area contributed by atoms with Gasteiger partial charge in [0, 0.05) is 0 Å². The van der Waals surface area contributed by atoms with Gasteiger partial charge in [0.05, 0.1) is 16.1 Å². The molecule has 4 nitrogen and oxygen atoms in total. The first kappa shape index (κ1) is 15.0. The molecule has 9 heteroatoms. The number of anilines is 1. The van der Waals surface area contributed by atoms with Crippen LogP contribution in [-0.4, -0.2) is 24.7 Å². The van der Waals surface area contributed by atoms with Gasteiger partial charge in [-0.15, -0.1) is 11.3 Å². The molecule has 0 aliphatic carbocycles. The average Bonchev–Trinajstić information content (AvgIpc) is 2.59. The fourth-order valence-corrected chi connectivity index (χ4v) is 2.42. The summed E-state index contributed by atoms with van der Waals surface area (Å²) in [5.41, 5.74) is -0.120. The topological polar surface area (TPSA) is 55.4 Å². The summed E-state index contributed by atoms with van der Waals surface area (Å²) in [6, 6.07) is 1.12. The normalized spacial score (nSPS) is 11.2. The minimum absolute atomic E-state index is 0.0983. The van der Waals surface area contributed by atoms with E-state index in [2.05, 4.69) is 20.7 Å². The van der Waals surface area contributed by atoms with Crippen LogP contribution in [0.5, 0.6) is 0 Å². The zero-order chi connectivity index (χ0) is 13.9. The predicted molar refractivity (Wildman–Crippen MR) is 62.7 cm³/mol. The zero-order valence-electron chi connectivity index (χ0n) is 8.93. The van der Waals surface area contributed by atoms with E-state index in [9.17, 15) is 22.8 Å². The van der Waals surface area contributed by atoms with Crippen molar-refractivity contribution < 1.29 is 27.5 Å². The van der Waals surface area contributed by atoms with E-state index in [4.69, 9.17) is 0 Å². The zero-order valence-corrected chi connectivity index (χ0v) is 11.3. The van der Waals surface area contributed by atoms with Crippen LogP contribution in [0.25, 0.3) is 0 Å². The van der Waals surface area contributed by atoms with Gasteiger partial charge in [-0.25, -0.2) is 4.79 Å². The standard InChI is InChI=1S/C9H7BrF3NO3S/c1-2-17-7(15)5-3-4(6(10)18-5)14-8(16)9(11,12)13/h3H,2H2,1H3,(H,14,16). The van der Waals surface area contributed by atoms with Crippen molar-refractivity contribution in [2.24, 2.45) is 0 Å². The highest BCUT2D eigenvalue weighted by Crippen LogP contribution is 2.34. The molecule has 18 heavy (non-hydrogen) atoms. The Balaban J connectivity index is 2.86. The number of alkyl halides is 3. The maximum atomic E-state index is 12.0. The molecule has 0 aromatic carbocycles. The molecule has 1 heterocycles. The number of amides is 1. The van der Waals surface area contributed by atoms with Gasteiger partial charge in [0.1, 0.15) is 4.88 Å². The third-order valence-electron chi connectivity index (χ3n) is 1.67. The van der Waals surface area contributed by atoms with E-state index in [1.54, 1.807) is 12.2 Å². The van der Waals surface area contributed by atoms with Crippen molar-refractivity contribution in [1.29, 1.82) is 0 Å². The number of esters is 1. The molecule has 1 amide bonds. The van der Waals surface area contributed by atoms with E-state index >= 15 is 0 Å². The summed E-state index contributed by atoms with van der Waals surface area (Å²) in [7, 11) is 0. The molecule has 0 fully saturated rings. The molecule has 0 radical (unpaired) electrons. The van der Waals surface area contributed by atoms with Gasteiger partial charge in [0.2, 0.25) is 0 Å². The van der Waals surface area contributed by atoms with Gasteiger partial charge in [0.25, 0.3) is 0 Å². The Morgan fingerprint density at radius 2 is 2.11 bits per heavy atom. The predicted octanol–water partition coefficient (Wildman–Crippen LogP) is 3.19. The fraction of sp³-hybridized carbons (Fsp3) is 0.333. The number of rotatable bonds is 3. The average molecular weight is 346 g/mol. The molecule has 0 unspecified atom stereocenters. The molecule has 100 valence electrons. The maximum absolute atomic E-state index is 12.0. The summed E-state index contributed by atoms with van der Waals surface area (Å²) in [6.45, 7) is 1.76. The molecule has 1 aromatic rings. The molecule has 0 bridgehead atoms. The molecule has 1 aromatic heterocycles. The Morgan fingerprint density at radius 3 is 2.61 bits per heavy atom. The van der Waals surface area contributed by atoms with E-state index in [1.807, 2.05) is 0 Å². The van der Waals surface area contributed by atoms with Crippen molar-refractivity contribution >= 4 is 44.8 Å². The Kier molecular flexibility index (Phi) is 4.74. The Labute approximate surface area is 112 Å². The molecular weight excluding hydrogens is 339 g/mol. The largest absolute Gasteiger partial charge is 0.471 e. The second-order valence-corrected chi connectivity index (χ2v) is 5.34. The number of carbonyl (C=O) groups is 2.